The third kappa shape index (κ3) is 6.44. The van der Waals surface area contributed by atoms with E-state index in [1.807, 2.05) is 34.7 Å². The number of allylic oxidation sites excluding steroid dienone is 1. The molecule has 2 rings (SSSR count). The van der Waals surface area contributed by atoms with Crippen molar-refractivity contribution < 1.29 is 33.2 Å². The highest BCUT2D eigenvalue weighted by Crippen LogP contribution is 2.35. The smallest absolute Gasteiger partial charge is 0.171 e. The molecular weight excluding hydrogens is 535 g/mol. The molecule has 1 aromatic rings. The zero-order chi connectivity index (χ0) is 23.2. The predicted molar refractivity (Wildman–Crippen MR) is 129 cm³/mol. The van der Waals surface area contributed by atoms with Crippen molar-refractivity contribution in [2.24, 2.45) is 0 Å². The summed E-state index contributed by atoms with van der Waals surface area (Å²) < 4.78 is 35.8. The highest BCUT2D eigenvalue weighted by Gasteiger charge is 2.40. The van der Waals surface area contributed by atoms with Crippen molar-refractivity contribution in [1.82, 2.24) is 0 Å². The molecule has 0 aromatic heterocycles. The number of aliphatic hydroxyl groups is 2. The molecule has 1 heterocycles. The number of methoxy groups -OCH3 is 2. The van der Waals surface area contributed by atoms with Gasteiger partial charge >= 0.3 is 0 Å². The second kappa shape index (κ2) is 11.6. The minimum atomic E-state index is -3.53. The molecule has 3 N–H and O–H groups in total. The average molecular weight is 566 g/mol. The summed E-state index contributed by atoms with van der Waals surface area (Å²) in [6, 6.07) is 3.61. The van der Waals surface area contributed by atoms with Gasteiger partial charge in [-0.05, 0) is 70.7 Å². The summed E-state index contributed by atoms with van der Waals surface area (Å²) in [7, 11) is -0.556. The van der Waals surface area contributed by atoms with Crippen LogP contribution < -0.4 is 4.74 Å². The minimum absolute atomic E-state index is 0.0998. The maximum atomic E-state index is 12.4. The Balaban J connectivity index is 2.25. The second-order valence-corrected chi connectivity index (χ2v) is 11.0. The second-order valence-electron chi connectivity index (χ2n) is 7.63. The lowest BCUT2D eigenvalue weighted by Gasteiger charge is -2.20. The number of phenols is 1. The third-order valence-corrected chi connectivity index (χ3v) is 8.20. The number of rotatable bonds is 11. The van der Waals surface area contributed by atoms with Gasteiger partial charge in [0, 0.05) is 7.11 Å². The fourth-order valence-electron chi connectivity index (χ4n) is 3.95. The van der Waals surface area contributed by atoms with E-state index in [2.05, 4.69) is 6.92 Å². The first kappa shape index (κ1) is 26.1. The number of ether oxygens (including phenoxy) is 2. The van der Waals surface area contributed by atoms with Crippen molar-refractivity contribution >= 4 is 38.5 Å². The quantitative estimate of drug-likeness (QED) is 0.279. The number of benzene rings is 1. The first-order chi connectivity index (χ1) is 14.7. The van der Waals surface area contributed by atoms with E-state index in [0.717, 1.165) is 24.0 Å². The molecule has 0 saturated heterocycles. The van der Waals surface area contributed by atoms with Gasteiger partial charge in [-0.3, -0.25) is 0 Å². The zero-order valence-electron chi connectivity index (χ0n) is 18.1. The standard InChI is InChI=1S/C22H31IO7S/c1-4-5-14(8-15-9-17(23)22(26)19(10-15)30-3)6-7-18(25)21-16(12-29-2)13-31(27,28)20(21)11-24/h8-10,18,20,24-26H,4-7,11-13H2,1-3H3/b14-8+/t18-,20+/m1/s1. The summed E-state index contributed by atoms with van der Waals surface area (Å²) in [4.78, 5) is 0. The summed E-state index contributed by atoms with van der Waals surface area (Å²) in [6.07, 6.45) is 3.68. The lowest BCUT2D eigenvalue weighted by molar-refractivity contribution is 0.182. The Hall–Kier alpha value is -1.14. The number of phenolic OH excluding ortho intramolecular Hbond substituents is 1. The summed E-state index contributed by atoms with van der Waals surface area (Å²) in [5.41, 5.74) is 2.89. The van der Waals surface area contributed by atoms with Crippen molar-refractivity contribution in [2.75, 3.05) is 33.2 Å². The van der Waals surface area contributed by atoms with Gasteiger partial charge in [0.1, 0.15) is 5.25 Å². The van der Waals surface area contributed by atoms with Crippen LogP contribution in [0.15, 0.2) is 28.9 Å². The van der Waals surface area contributed by atoms with E-state index in [1.54, 1.807) is 6.07 Å². The SMILES string of the molecule is CCC/C(=C\c1cc(I)c(O)c(OC)c1)CC[C@@H](O)C1=C(COC)CS(=O)(=O)[C@H]1CO. The number of hydrogen-bond donors (Lipinski definition) is 3. The van der Waals surface area contributed by atoms with Crippen molar-refractivity contribution in [3.05, 3.63) is 38.0 Å². The molecule has 0 saturated carbocycles. The van der Waals surface area contributed by atoms with Crippen LogP contribution in [-0.2, 0) is 14.6 Å². The number of aliphatic hydroxyl groups excluding tert-OH is 2. The van der Waals surface area contributed by atoms with Gasteiger partial charge in [-0.1, -0.05) is 25.0 Å². The fourth-order valence-corrected chi connectivity index (χ4v) is 6.45. The Morgan fingerprint density at radius 2 is 2.03 bits per heavy atom. The molecule has 7 nitrogen and oxygen atoms in total. The molecular formula is C22H31IO7S. The number of hydrogen-bond acceptors (Lipinski definition) is 7. The largest absolute Gasteiger partial charge is 0.504 e. The third-order valence-electron chi connectivity index (χ3n) is 5.36. The maximum absolute atomic E-state index is 12.4. The van der Waals surface area contributed by atoms with Crippen LogP contribution in [0.1, 0.15) is 38.2 Å². The van der Waals surface area contributed by atoms with E-state index in [-0.39, 0.29) is 18.1 Å². The Kier molecular flexibility index (Phi) is 9.81. The summed E-state index contributed by atoms with van der Waals surface area (Å²) in [5.74, 6) is 0.301. The van der Waals surface area contributed by atoms with Crippen LogP contribution in [0, 0.1) is 3.57 Å². The predicted octanol–water partition coefficient (Wildman–Crippen LogP) is 3.06. The van der Waals surface area contributed by atoms with Gasteiger partial charge in [0.25, 0.3) is 0 Å². The monoisotopic (exact) mass is 566 g/mol. The number of sulfone groups is 1. The highest BCUT2D eigenvalue weighted by atomic mass is 127. The first-order valence-corrected chi connectivity index (χ1v) is 12.9. The van der Waals surface area contributed by atoms with E-state index < -0.39 is 27.8 Å². The summed E-state index contributed by atoms with van der Waals surface area (Å²) >= 11 is 2.05. The molecule has 0 radical (unpaired) electrons. The molecule has 0 unspecified atom stereocenters. The molecule has 1 aliphatic rings. The highest BCUT2D eigenvalue weighted by molar-refractivity contribution is 14.1. The molecule has 0 spiro atoms. The van der Waals surface area contributed by atoms with E-state index in [1.165, 1.54) is 14.2 Å². The first-order valence-electron chi connectivity index (χ1n) is 10.2. The van der Waals surface area contributed by atoms with Gasteiger partial charge in [0.2, 0.25) is 0 Å². The molecule has 1 aromatic carbocycles. The average Bonchev–Trinajstić information content (AvgIpc) is 2.98. The summed E-state index contributed by atoms with van der Waals surface area (Å²) in [5, 5.41) is 29.5. The molecule has 0 amide bonds. The van der Waals surface area contributed by atoms with Crippen LogP contribution in [0.2, 0.25) is 0 Å². The van der Waals surface area contributed by atoms with Crippen molar-refractivity contribution in [3.63, 3.8) is 0 Å². The van der Waals surface area contributed by atoms with Crippen molar-refractivity contribution in [1.29, 1.82) is 0 Å². The van der Waals surface area contributed by atoms with E-state index in [0.29, 0.717) is 33.3 Å². The van der Waals surface area contributed by atoms with Gasteiger partial charge < -0.3 is 24.8 Å². The van der Waals surface area contributed by atoms with Crippen LogP contribution in [0.5, 0.6) is 11.5 Å². The Labute approximate surface area is 197 Å². The van der Waals surface area contributed by atoms with Gasteiger partial charge in [-0.15, -0.1) is 0 Å². The van der Waals surface area contributed by atoms with E-state index in [9.17, 15) is 23.7 Å². The van der Waals surface area contributed by atoms with E-state index in [4.69, 9.17) is 9.47 Å². The lowest BCUT2D eigenvalue weighted by atomic mass is 9.93. The Morgan fingerprint density at radius 3 is 2.61 bits per heavy atom. The fraction of sp³-hybridized carbons (Fsp3) is 0.545. The lowest BCUT2D eigenvalue weighted by Crippen LogP contribution is -2.29. The molecule has 2 atom stereocenters. The van der Waals surface area contributed by atoms with Crippen LogP contribution >= 0.6 is 22.6 Å². The molecule has 1 aliphatic heterocycles. The van der Waals surface area contributed by atoms with Crippen molar-refractivity contribution in [3.8, 4) is 11.5 Å². The Bertz CT molecular complexity index is 937. The maximum Gasteiger partial charge on any atom is 0.171 e. The number of aromatic hydroxyl groups is 1. The molecule has 9 heteroatoms. The topological polar surface area (TPSA) is 113 Å². The van der Waals surface area contributed by atoms with Gasteiger partial charge in [0.05, 0.1) is 35.8 Å². The number of halogens is 1. The Morgan fingerprint density at radius 1 is 1.32 bits per heavy atom. The molecule has 0 bridgehead atoms. The van der Waals surface area contributed by atoms with Gasteiger partial charge in [-0.25, -0.2) is 8.42 Å². The van der Waals surface area contributed by atoms with Crippen LogP contribution in [0.4, 0.5) is 0 Å². The molecule has 31 heavy (non-hydrogen) atoms. The van der Waals surface area contributed by atoms with Crippen LogP contribution in [0.25, 0.3) is 6.08 Å². The minimum Gasteiger partial charge on any atom is -0.504 e. The normalized spacial score (nSPS) is 19.7. The van der Waals surface area contributed by atoms with Gasteiger partial charge in [-0.2, -0.15) is 0 Å². The molecule has 174 valence electrons. The van der Waals surface area contributed by atoms with Gasteiger partial charge in [0.15, 0.2) is 21.3 Å². The van der Waals surface area contributed by atoms with Crippen LogP contribution in [-0.4, -0.2) is 68.3 Å². The zero-order valence-corrected chi connectivity index (χ0v) is 21.1. The van der Waals surface area contributed by atoms with E-state index >= 15 is 0 Å². The van der Waals surface area contributed by atoms with Crippen molar-refractivity contribution in [2.45, 2.75) is 44.0 Å². The molecule has 0 fully saturated rings. The molecule has 0 aliphatic carbocycles. The van der Waals surface area contributed by atoms with Crippen LogP contribution in [0.3, 0.4) is 0 Å². The summed E-state index contributed by atoms with van der Waals surface area (Å²) in [6.45, 7) is 1.63.